The predicted molar refractivity (Wildman–Crippen MR) is 93.5 cm³/mol. The number of aliphatic hydroxyl groups is 1. The van der Waals surface area contributed by atoms with Gasteiger partial charge >= 0.3 is 0 Å². The van der Waals surface area contributed by atoms with Crippen molar-refractivity contribution in [2.45, 2.75) is 51.6 Å². The monoisotopic (exact) mass is 336 g/mol. The Morgan fingerprint density at radius 2 is 2.30 bits per heavy atom. The molecule has 2 aliphatic heterocycles. The van der Waals surface area contributed by atoms with E-state index >= 15 is 0 Å². The summed E-state index contributed by atoms with van der Waals surface area (Å²) in [4.78, 5) is 18.7. The highest BCUT2D eigenvalue weighted by molar-refractivity contribution is 7.10. The predicted octanol–water partition coefficient (Wildman–Crippen LogP) is 2.89. The summed E-state index contributed by atoms with van der Waals surface area (Å²) in [5.41, 5.74) is -0.0645. The molecule has 0 aromatic carbocycles. The van der Waals surface area contributed by atoms with Gasteiger partial charge in [-0.05, 0) is 50.6 Å². The largest absolute Gasteiger partial charge is 0.396 e. The summed E-state index contributed by atoms with van der Waals surface area (Å²) in [7, 11) is 0. The Morgan fingerprint density at radius 1 is 1.48 bits per heavy atom. The summed E-state index contributed by atoms with van der Waals surface area (Å²) in [5, 5.41) is 11.7. The lowest BCUT2D eigenvalue weighted by Crippen LogP contribution is -2.53. The normalized spacial score (nSPS) is 30.6. The number of carbonyl (C=O) groups excluding carboxylic acids is 1. The zero-order valence-corrected chi connectivity index (χ0v) is 15.0. The van der Waals surface area contributed by atoms with Crippen molar-refractivity contribution in [1.82, 2.24) is 9.80 Å². The molecule has 3 rings (SSSR count). The maximum absolute atomic E-state index is 13.1. The highest BCUT2D eigenvalue weighted by atomic mass is 32.1. The minimum Gasteiger partial charge on any atom is -0.396 e. The van der Waals surface area contributed by atoms with Gasteiger partial charge in [0.1, 0.15) is 0 Å². The Morgan fingerprint density at radius 3 is 3.00 bits per heavy atom. The molecule has 1 aromatic rings. The SMILES string of the molecule is CC(C(=O)N1CCCC1c1cccs1)N1CCCC(C)(CO)C1. The lowest BCUT2D eigenvalue weighted by molar-refractivity contribution is -0.139. The van der Waals surface area contributed by atoms with Gasteiger partial charge < -0.3 is 10.0 Å². The van der Waals surface area contributed by atoms with Crippen LogP contribution >= 0.6 is 11.3 Å². The van der Waals surface area contributed by atoms with Crippen molar-refractivity contribution in [2.24, 2.45) is 5.41 Å². The molecule has 3 heterocycles. The number of amides is 1. The average Bonchev–Trinajstić information content (AvgIpc) is 3.24. The van der Waals surface area contributed by atoms with Crippen LogP contribution in [0.25, 0.3) is 0 Å². The van der Waals surface area contributed by atoms with E-state index in [2.05, 4.69) is 34.2 Å². The quantitative estimate of drug-likeness (QED) is 0.919. The molecule has 0 saturated carbocycles. The number of nitrogens with zero attached hydrogens (tertiary/aromatic N) is 2. The highest BCUT2D eigenvalue weighted by Crippen LogP contribution is 2.36. The van der Waals surface area contributed by atoms with E-state index in [1.165, 1.54) is 4.88 Å². The molecule has 1 amide bonds. The molecule has 5 heteroatoms. The number of likely N-dealkylation sites (tertiary alicyclic amines) is 2. The minimum absolute atomic E-state index is 0.0645. The summed E-state index contributed by atoms with van der Waals surface area (Å²) in [5.74, 6) is 0.253. The second kappa shape index (κ2) is 6.91. The van der Waals surface area contributed by atoms with Crippen molar-refractivity contribution in [3.05, 3.63) is 22.4 Å². The summed E-state index contributed by atoms with van der Waals surface area (Å²) < 4.78 is 0. The molecule has 23 heavy (non-hydrogen) atoms. The summed E-state index contributed by atoms with van der Waals surface area (Å²) in [6, 6.07) is 4.39. The van der Waals surface area contributed by atoms with Crippen LogP contribution in [-0.2, 0) is 4.79 Å². The van der Waals surface area contributed by atoms with E-state index < -0.39 is 0 Å². The number of aliphatic hydroxyl groups excluding tert-OH is 1. The fourth-order valence-electron chi connectivity index (χ4n) is 4.02. The molecule has 0 spiro atoms. The lowest BCUT2D eigenvalue weighted by Gasteiger charge is -2.42. The number of hydrogen-bond donors (Lipinski definition) is 1. The Kier molecular flexibility index (Phi) is 5.09. The maximum Gasteiger partial charge on any atom is 0.240 e. The van der Waals surface area contributed by atoms with Gasteiger partial charge in [0.05, 0.1) is 12.1 Å². The minimum atomic E-state index is -0.0956. The van der Waals surface area contributed by atoms with E-state index in [4.69, 9.17) is 0 Å². The third-order valence-electron chi connectivity index (χ3n) is 5.50. The van der Waals surface area contributed by atoms with Crippen LogP contribution in [0.2, 0.25) is 0 Å². The molecule has 1 aromatic heterocycles. The fourth-order valence-corrected chi connectivity index (χ4v) is 4.89. The van der Waals surface area contributed by atoms with Crippen LogP contribution in [0, 0.1) is 5.41 Å². The van der Waals surface area contributed by atoms with Crippen LogP contribution in [-0.4, -0.2) is 53.1 Å². The first-order valence-corrected chi connectivity index (χ1v) is 9.61. The van der Waals surface area contributed by atoms with Gasteiger partial charge in [-0.25, -0.2) is 0 Å². The maximum atomic E-state index is 13.1. The van der Waals surface area contributed by atoms with Crippen LogP contribution in [0.4, 0.5) is 0 Å². The molecule has 3 unspecified atom stereocenters. The Balaban J connectivity index is 1.69. The van der Waals surface area contributed by atoms with Crippen LogP contribution < -0.4 is 0 Å². The van der Waals surface area contributed by atoms with Gasteiger partial charge in [0.2, 0.25) is 5.91 Å². The Bertz CT molecular complexity index is 533. The van der Waals surface area contributed by atoms with Crippen LogP contribution in [0.1, 0.15) is 50.4 Å². The Hall–Kier alpha value is -0.910. The summed E-state index contributed by atoms with van der Waals surface area (Å²) in [6.45, 7) is 7.01. The van der Waals surface area contributed by atoms with Crippen molar-refractivity contribution in [3.8, 4) is 0 Å². The van der Waals surface area contributed by atoms with E-state index in [-0.39, 0.29) is 30.0 Å². The first kappa shape index (κ1) is 16.9. The molecule has 0 aliphatic carbocycles. The first-order chi connectivity index (χ1) is 11.0. The molecular weight excluding hydrogens is 308 g/mol. The zero-order chi connectivity index (χ0) is 16.4. The molecule has 0 bridgehead atoms. The summed E-state index contributed by atoms with van der Waals surface area (Å²) >= 11 is 1.75. The van der Waals surface area contributed by atoms with E-state index in [1.54, 1.807) is 11.3 Å². The van der Waals surface area contributed by atoms with E-state index in [0.717, 1.165) is 45.3 Å². The molecule has 0 radical (unpaired) electrons. The number of carbonyl (C=O) groups is 1. The topological polar surface area (TPSA) is 43.8 Å². The fraction of sp³-hybridized carbons (Fsp3) is 0.722. The van der Waals surface area contributed by atoms with Crippen LogP contribution in [0.5, 0.6) is 0 Å². The van der Waals surface area contributed by atoms with Crippen LogP contribution in [0.15, 0.2) is 17.5 Å². The molecule has 3 atom stereocenters. The van der Waals surface area contributed by atoms with Gasteiger partial charge in [0, 0.05) is 30.0 Å². The van der Waals surface area contributed by atoms with Gasteiger partial charge in [-0.3, -0.25) is 9.69 Å². The van der Waals surface area contributed by atoms with Crippen molar-refractivity contribution in [3.63, 3.8) is 0 Å². The van der Waals surface area contributed by atoms with Gasteiger partial charge in [-0.2, -0.15) is 0 Å². The zero-order valence-electron chi connectivity index (χ0n) is 14.2. The van der Waals surface area contributed by atoms with Crippen LogP contribution in [0.3, 0.4) is 0 Å². The lowest BCUT2D eigenvalue weighted by atomic mass is 9.82. The second-order valence-corrected chi connectivity index (χ2v) is 8.40. The molecule has 2 saturated heterocycles. The van der Waals surface area contributed by atoms with Crippen molar-refractivity contribution in [1.29, 1.82) is 0 Å². The van der Waals surface area contributed by atoms with E-state index in [1.807, 2.05) is 6.92 Å². The average molecular weight is 337 g/mol. The third kappa shape index (κ3) is 3.47. The summed E-state index contributed by atoms with van der Waals surface area (Å²) in [6.07, 6.45) is 4.27. The second-order valence-electron chi connectivity index (χ2n) is 7.42. The highest BCUT2D eigenvalue weighted by Gasteiger charge is 2.38. The van der Waals surface area contributed by atoms with Crippen molar-refractivity contribution < 1.29 is 9.90 Å². The van der Waals surface area contributed by atoms with Crippen molar-refractivity contribution in [2.75, 3.05) is 26.2 Å². The molecule has 128 valence electrons. The number of thiophene rings is 1. The molecule has 4 nitrogen and oxygen atoms in total. The molecular formula is C18H28N2O2S. The standard InChI is InChI=1S/C18H28N2O2S/c1-14(19-9-5-8-18(2,12-19)13-21)17(22)20-10-3-6-15(20)16-7-4-11-23-16/h4,7,11,14-15,21H,3,5-6,8-10,12-13H2,1-2H3. The number of rotatable bonds is 4. The van der Waals surface area contributed by atoms with Crippen molar-refractivity contribution >= 4 is 17.2 Å². The Labute approximate surface area is 143 Å². The smallest absolute Gasteiger partial charge is 0.240 e. The van der Waals surface area contributed by atoms with Gasteiger partial charge in [-0.15, -0.1) is 11.3 Å². The van der Waals surface area contributed by atoms with E-state index in [0.29, 0.717) is 0 Å². The molecule has 2 fully saturated rings. The van der Waals surface area contributed by atoms with Gasteiger partial charge in [0.15, 0.2) is 0 Å². The third-order valence-corrected chi connectivity index (χ3v) is 6.48. The first-order valence-electron chi connectivity index (χ1n) is 8.73. The van der Waals surface area contributed by atoms with Gasteiger partial charge in [-0.1, -0.05) is 13.0 Å². The number of hydrogen-bond acceptors (Lipinski definition) is 4. The number of piperidine rings is 1. The molecule has 1 N–H and O–H groups in total. The molecule has 2 aliphatic rings. The van der Waals surface area contributed by atoms with Gasteiger partial charge in [0.25, 0.3) is 0 Å². The van der Waals surface area contributed by atoms with E-state index in [9.17, 15) is 9.90 Å².